The van der Waals surface area contributed by atoms with Crippen molar-refractivity contribution in [1.82, 2.24) is 0 Å². The Kier molecular flexibility index (Phi) is 3.37. The number of nitrogens with two attached hydrogens (primary N) is 1. The van der Waals surface area contributed by atoms with Crippen molar-refractivity contribution >= 4 is 17.3 Å². The van der Waals surface area contributed by atoms with Crippen LogP contribution in [0.4, 0.5) is 15.8 Å². The van der Waals surface area contributed by atoms with E-state index in [2.05, 4.69) is 5.32 Å². The third-order valence-corrected chi connectivity index (χ3v) is 2.66. The maximum atomic E-state index is 13.1. The molecule has 0 aliphatic carbocycles. The van der Waals surface area contributed by atoms with E-state index in [1.165, 1.54) is 0 Å². The number of aromatic hydroxyl groups is 1. The second kappa shape index (κ2) is 4.97. The molecule has 2 aromatic rings. The molecule has 5 heteroatoms. The van der Waals surface area contributed by atoms with Gasteiger partial charge in [0, 0.05) is 0 Å². The van der Waals surface area contributed by atoms with E-state index in [0.29, 0.717) is 11.4 Å². The van der Waals surface area contributed by atoms with Crippen molar-refractivity contribution in [2.75, 3.05) is 11.1 Å². The number of benzene rings is 2. The zero-order valence-corrected chi connectivity index (χ0v) is 10.3. The summed E-state index contributed by atoms with van der Waals surface area (Å²) in [7, 11) is 0. The number of carbonyl (C=O) groups is 1. The van der Waals surface area contributed by atoms with Crippen molar-refractivity contribution in [2.45, 2.75) is 6.92 Å². The molecule has 4 N–H and O–H groups in total. The lowest BCUT2D eigenvalue weighted by atomic mass is 10.1. The molecule has 0 saturated heterocycles. The lowest BCUT2D eigenvalue weighted by Gasteiger charge is -2.09. The first-order chi connectivity index (χ1) is 8.97. The van der Waals surface area contributed by atoms with Gasteiger partial charge in [0.15, 0.2) is 0 Å². The van der Waals surface area contributed by atoms with Crippen molar-refractivity contribution < 1.29 is 14.3 Å². The number of hydrogen-bond acceptors (Lipinski definition) is 3. The van der Waals surface area contributed by atoms with Gasteiger partial charge in [-0.3, -0.25) is 4.79 Å². The summed E-state index contributed by atoms with van der Waals surface area (Å²) in [4.78, 5) is 11.9. The summed E-state index contributed by atoms with van der Waals surface area (Å²) in [5.41, 5.74) is 7.41. The normalized spacial score (nSPS) is 10.2. The molecule has 0 radical (unpaired) electrons. The number of amides is 1. The summed E-state index contributed by atoms with van der Waals surface area (Å²) >= 11 is 0. The molecule has 19 heavy (non-hydrogen) atoms. The quantitative estimate of drug-likeness (QED) is 0.727. The van der Waals surface area contributed by atoms with E-state index in [-0.39, 0.29) is 11.3 Å². The van der Waals surface area contributed by atoms with Crippen LogP contribution in [0.5, 0.6) is 5.75 Å². The Balaban J connectivity index is 2.28. The van der Waals surface area contributed by atoms with Crippen molar-refractivity contribution in [3.8, 4) is 5.75 Å². The molecule has 0 fully saturated rings. The Morgan fingerprint density at radius 1 is 1.26 bits per heavy atom. The van der Waals surface area contributed by atoms with Crippen LogP contribution < -0.4 is 11.1 Å². The minimum Gasteiger partial charge on any atom is -0.507 e. The van der Waals surface area contributed by atoms with Gasteiger partial charge < -0.3 is 16.2 Å². The van der Waals surface area contributed by atoms with Gasteiger partial charge in [0.1, 0.15) is 11.6 Å². The number of carbonyl (C=O) groups excluding carboxylic acids is 1. The molecule has 0 atom stereocenters. The first kappa shape index (κ1) is 12.9. The van der Waals surface area contributed by atoms with Crippen LogP contribution in [0.1, 0.15) is 15.9 Å². The third kappa shape index (κ3) is 2.82. The van der Waals surface area contributed by atoms with Crippen molar-refractivity contribution in [3.63, 3.8) is 0 Å². The minimum atomic E-state index is -0.618. The number of anilines is 2. The minimum absolute atomic E-state index is 0.139. The molecule has 1 amide bonds. The van der Waals surface area contributed by atoms with E-state index in [9.17, 15) is 14.3 Å². The lowest BCUT2D eigenvalue weighted by Crippen LogP contribution is -2.13. The predicted octanol–water partition coefficient (Wildman–Crippen LogP) is 2.67. The fourth-order valence-electron chi connectivity index (χ4n) is 1.68. The largest absolute Gasteiger partial charge is 0.507 e. The maximum Gasteiger partial charge on any atom is 0.259 e. The highest BCUT2D eigenvalue weighted by atomic mass is 19.1. The smallest absolute Gasteiger partial charge is 0.259 e. The van der Waals surface area contributed by atoms with Gasteiger partial charge in [-0.1, -0.05) is 6.07 Å². The van der Waals surface area contributed by atoms with Gasteiger partial charge in [0.05, 0.1) is 16.9 Å². The van der Waals surface area contributed by atoms with Gasteiger partial charge in [-0.2, -0.15) is 0 Å². The summed E-state index contributed by atoms with van der Waals surface area (Å²) in [6, 6.07) is 8.32. The van der Waals surface area contributed by atoms with Gasteiger partial charge >= 0.3 is 0 Å². The van der Waals surface area contributed by atoms with E-state index in [1.807, 2.05) is 6.92 Å². The van der Waals surface area contributed by atoms with Crippen molar-refractivity contribution in [1.29, 1.82) is 0 Å². The molecule has 0 bridgehead atoms. The fourth-order valence-corrected chi connectivity index (χ4v) is 1.68. The molecule has 0 aromatic heterocycles. The van der Waals surface area contributed by atoms with E-state index < -0.39 is 11.7 Å². The molecule has 2 aromatic carbocycles. The number of nitrogens with one attached hydrogen (secondary N) is 1. The molecular formula is C14H13FN2O2. The highest BCUT2D eigenvalue weighted by Crippen LogP contribution is 2.23. The SMILES string of the molecule is Cc1ccc(NC(=O)c2cc(F)ccc2O)c(N)c1. The second-order valence-corrected chi connectivity index (χ2v) is 4.21. The zero-order valence-electron chi connectivity index (χ0n) is 10.3. The van der Waals surface area contributed by atoms with E-state index in [0.717, 1.165) is 23.8 Å². The van der Waals surface area contributed by atoms with E-state index in [1.54, 1.807) is 18.2 Å². The molecule has 0 unspecified atom stereocenters. The van der Waals surface area contributed by atoms with Gasteiger partial charge in [-0.25, -0.2) is 4.39 Å². The Labute approximate surface area is 109 Å². The lowest BCUT2D eigenvalue weighted by molar-refractivity contribution is 0.102. The zero-order chi connectivity index (χ0) is 14.0. The molecule has 4 nitrogen and oxygen atoms in total. The summed E-state index contributed by atoms with van der Waals surface area (Å²) in [5.74, 6) is -1.50. The number of rotatable bonds is 2. The fraction of sp³-hybridized carbons (Fsp3) is 0.0714. The summed E-state index contributed by atoms with van der Waals surface area (Å²) in [6.45, 7) is 1.88. The molecule has 0 heterocycles. The summed E-state index contributed by atoms with van der Waals surface area (Å²) < 4.78 is 13.1. The van der Waals surface area contributed by atoms with Crippen molar-refractivity contribution in [3.05, 3.63) is 53.3 Å². The number of halogens is 1. The van der Waals surface area contributed by atoms with Crippen LogP contribution in [0.15, 0.2) is 36.4 Å². The van der Waals surface area contributed by atoms with Gasteiger partial charge in [0.25, 0.3) is 5.91 Å². The molecule has 2 rings (SSSR count). The Hall–Kier alpha value is -2.56. The molecule has 0 saturated carbocycles. The highest BCUT2D eigenvalue weighted by Gasteiger charge is 2.13. The highest BCUT2D eigenvalue weighted by molar-refractivity contribution is 6.07. The van der Waals surface area contributed by atoms with Crippen LogP contribution >= 0.6 is 0 Å². The Morgan fingerprint density at radius 2 is 2.00 bits per heavy atom. The van der Waals surface area contributed by atoms with Crippen molar-refractivity contribution in [2.24, 2.45) is 0 Å². The molecule has 98 valence electrons. The third-order valence-electron chi connectivity index (χ3n) is 2.66. The van der Waals surface area contributed by atoms with Crippen LogP contribution in [-0.2, 0) is 0 Å². The topological polar surface area (TPSA) is 75.3 Å². The Bertz CT molecular complexity index is 641. The number of aryl methyl sites for hydroxylation is 1. The molecule has 0 aliphatic rings. The average Bonchev–Trinajstić information content (AvgIpc) is 2.35. The van der Waals surface area contributed by atoms with Crippen LogP contribution in [0.2, 0.25) is 0 Å². The van der Waals surface area contributed by atoms with Gasteiger partial charge in [0.2, 0.25) is 0 Å². The molecule has 0 aliphatic heterocycles. The molecule has 0 spiro atoms. The van der Waals surface area contributed by atoms with Crippen LogP contribution in [0.25, 0.3) is 0 Å². The van der Waals surface area contributed by atoms with Crippen LogP contribution in [0, 0.1) is 12.7 Å². The number of phenols is 1. The first-order valence-electron chi connectivity index (χ1n) is 5.63. The van der Waals surface area contributed by atoms with Crippen LogP contribution in [0.3, 0.4) is 0 Å². The predicted molar refractivity (Wildman–Crippen MR) is 71.6 cm³/mol. The number of nitrogen functional groups attached to an aromatic ring is 1. The van der Waals surface area contributed by atoms with E-state index >= 15 is 0 Å². The van der Waals surface area contributed by atoms with E-state index in [4.69, 9.17) is 5.73 Å². The first-order valence-corrected chi connectivity index (χ1v) is 5.63. The standard InChI is InChI=1S/C14H13FN2O2/c1-8-2-4-12(11(16)6-8)17-14(19)10-7-9(15)3-5-13(10)18/h2-7,18H,16H2,1H3,(H,17,19). The number of phenolic OH excluding ortho intramolecular Hbond substituents is 1. The summed E-state index contributed by atoms with van der Waals surface area (Å²) in [6.07, 6.45) is 0. The van der Waals surface area contributed by atoms with Gasteiger partial charge in [-0.05, 0) is 42.8 Å². The van der Waals surface area contributed by atoms with Gasteiger partial charge in [-0.15, -0.1) is 0 Å². The monoisotopic (exact) mass is 260 g/mol. The van der Waals surface area contributed by atoms with Crippen LogP contribution in [-0.4, -0.2) is 11.0 Å². The Morgan fingerprint density at radius 3 is 2.68 bits per heavy atom. The number of hydrogen-bond donors (Lipinski definition) is 3. The molecular weight excluding hydrogens is 247 g/mol. The maximum absolute atomic E-state index is 13.1. The average molecular weight is 260 g/mol. The second-order valence-electron chi connectivity index (χ2n) is 4.21. The summed E-state index contributed by atoms with van der Waals surface area (Å²) in [5, 5.41) is 12.1.